The van der Waals surface area contributed by atoms with Crippen molar-refractivity contribution in [1.82, 2.24) is 0 Å². The number of rotatable bonds is 2. The highest BCUT2D eigenvalue weighted by Gasteiger charge is 1.99. The van der Waals surface area contributed by atoms with Gasteiger partial charge in [0.25, 0.3) is 0 Å². The van der Waals surface area contributed by atoms with E-state index in [0.29, 0.717) is 10.2 Å². The van der Waals surface area contributed by atoms with Crippen LogP contribution in [0.3, 0.4) is 0 Å². The minimum absolute atomic E-state index is 0.0300. The number of halogens is 1. The molecule has 0 bridgehead atoms. The van der Waals surface area contributed by atoms with Gasteiger partial charge in [0.2, 0.25) is 0 Å². The molecule has 0 spiro atoms. The van der Waals surface area contributed by atoms with Gasteiger partial charge in [-0.05, 0) is 38.8 Å². The number of hydrogen-bond donors (Lipinski definition) is 1. The average Bonchev–Trinajstić information content (AvgIpc) is 2.04. The molecule has 0 heterocycles. The highest BCUT2D eigenvalue weighted by atomic mass is 79.9. The van der Waals surface area contributed by atoms with Crippen molar-refractivity contribution in [3.8, 4) is 0 Å². The van der Waals surface area contributed by atoms with Gasteiger partial charge in [0.1, 0.15) is 5.69 Å². The fourth-order valence-corrected chi connectivity index (χ4v) is 1.22. The van der Waals surface area contributed by atoms with Crippen LogP contribution in [0, 0.1) is 4.91 Å². The topological polar surface area (TPSA) is 49.7 Å². The van der Waals surface area contributed by atoms with Crippen LogP contribution in [0.4, 0.5) is 5.69 Å². The van der Waals surface area contributed by atoms with Crippen LogP contribution in [0.25, 0.3) is 0 Å². The molecular weight excluding hydrogens is 210 g/mol. The molecule has 0 amide bonds. The summed E-state index contributed by atoms with van der Waals surface area (Å²) >= 11 is 3.14. The second-order valence-corrected chi connectivity index (χ2v) is 2.89. The molecule has 3 nitrogen and oxygen atoms in total. The normalized spacial score (nSPS) is 9.64. The molecule has 58 valence electrons. The molecule has 4 heteroatoms. The summed E-state index contributed by atoms with van der Waals surface area (Å²) in [7, 11) is 0. The van der Waals surface area contributed by atoms with Gasteiger partial charge in [-0.25, -0.2) is 0 Å². The van der Waals surface area contributed by atoms with E-state index in [4.69, 9.17) is 5.11 Å². The summed E-state index contributed by atoms with van der Waals surface area (Å²) in [6.07, 6.45) is 0. The van der Waals surface area contributed by atoms with Gasteiger partial charge < -0.3 is 5.11 Å². The SMILES string of the molecule is O=Nc1ccc(CO)cc1Br. The van der Waals surface area contributed by atoms with Gasteiger partial charge in [-0.2, -0.15) is 0 Å². The van der Waals surface area contributed by atoms with E-state index in [-0.39, 0.29) is 6.61 Å². The number of aliphatic hydroxyl groups excluding tert-OH is 1. The summed E-state index contributed by atoms with van der Waals surface area (Å²) in [5.74, 6) is 0. The Morgan fingerprint density at radius 3 is 2.73 bits per heavy atom. The molecule has 0 atom stereocenters. The van der Waals surface area contributed by atoms with E-state index in [9.17, 15) is 4.91 Å². The number of nitrogens with zero attached hydrogens (tertiary/aromatic N) is 1. The zero-order valence-corrected chi connectivity index (χ0v) is 7.21. The Bertz CT molecular complexity index is 275. The Morgan fingerprint density at radius 2 is 2.27 bits per heavy atom. The first kappa shape index (κ1) is 8.36. The van der Waals surface area contributed by atoms with Crippen LogP contribution in [0.15, 0.2) is 27.8 Å². The van der Waals surface area contributed by atoms with Gasteiger partial charge in [-0.3, -0.25) is 0 Å². The molecule has 1 N–H and O–H groups in total. The van der Waals surface area contributed by atoms with E-state index < -0.39 is 0 Å². The van der Waals surface area contributed by atoms with Crippen LogP contribution >= 0.6 is 15.9 Å². The number of aliphatic hydroxyl groups is 1. The van der Waals surface area contributed by atoms with Gasteiger partial charge >= 0.3 is 0 Å². The minimum Gasteiger partial charge on any atom is -0.392 e. The lowest BCUT2D eigenvalue weighted by atomic mass is 10.2. The monoisotopic (exact) mass is 215 g/mol. The van der Waals surface area contributed by atoms with Crippen molar-refractivity contribution in [1.29, 1.82) is 0 Å². The van der Waals surface area contributed by atoms with Crippen LogP contribution in [-0.4, -0.2) is 5.11 Å². The van der Waals surface area contributed by atoms with Crippen molar-refractivity contribution in [2.75, 3.05) is 0 Å². The summed E-state index contributed by atoms with van der Waals surface area (Å²) in [5.41, 5.74) is 1.10. The van der Waals surface area contributed by atoms with Crippen molar-refractivity contribution >= 4 is 21.6 Å². The van der Waals surface area contributed by atoms with Crippen LogP contribution in [0.1, 0.15) is 5.56 Å². The van der Waals surface area contributed by atoms with Crippen molar-refractivity contribution in [3.05, 3.63) is 33.1 Å². The van der Waals surface area contributed by atoms with E-state index in [1.165, 1.54) is 0 Å². The maximum Gasteiger partial charge on any atom is 0.122 e. The van der Waals surface area contributed by atoms with Crippen LogP contribution < -0.4 is 0 Å². The third-order valence-corrected chi connectivity index (χ3v) is 1.93. The molecule has 11 heavy (non-hydrogen) atoms. The molecule has 1 aromatic carbocycles. The van der Waals surface area contributed by atoms with Crippen molar-refractivity contribution < 1.29 is 5.11 Å². The van der Waals surface area contributed by atoms with E-state index >= 15 is 0 Å². The summed E-state index contributed by atoms with van der Waals surface area (Å²) < 4.78 is 0.610. The predicted octanol–water partition coefficient (Wildman–Crippen LogP) is 2.34. The lowest BCUT2D eigenvalue weighted by Crippen LogP contribution is -1.81. The molecular formula is C7H6BrNO2. The predicted molar refractivity (Wildman–Crippen MR) is 45.5 cm³/mol. The maximum atomic E-state index is 10.1. The largest absolute Gasteiger partial charge is 0.392 e. The third kappa shape index (κ3) is 1.85. The fourth-order valence-electron chi connectivity index (χ4n) is 0.723. The lowest BCUT2D eigenvalue weighted by molar-refractivity contribution is 0.282. The van der Waals surface area contributed by atoms with Gasteiger partial charge in [0.05, 0.1) is 6.61 Å². The smallest absolute Gasteiger partial charge is 0.122 e. The molecule has 0 saturated heterocycles. The van der Waals surface area contributed by atoms with E-state index in [2.05, 4.69) is 21.1 Å². The summed E-state index contributed by atoms with van der Waals surface area (Å²) in [6, 6.07) is 4.88. The van der Waals surface area contributed by atoms with Crippen molar-refractivity contribution in [3.63, 3.8) is 0 Å². The Hall–Kier alpha value is -0.740. The number of hydrogen-bond acceptors (Lipinski definition) is 3. The average molecular weight is 216 g/mol. The first-order valence-electron chi connectivity index (χ1n) is 3.00. The van der Waals surface area contributed by atoms with E-state index in [1.54, 1.807) is 18.2 Å². The number of nitroso groups, excluding NO2 is 1. The fraction of sp³-hybridized carbons (Fsp3) is 0.143. The van der Waals surface area contributed by atoms with Gasteiger partial charge in [-0.15, -0.1) is 4.91 Å². The highest BCUT2D eigenvalue weighted by molar-refractivity contribution is 9.10. The first-order valence-corrected chi connectivity index (χ1v) is 3.80. The van der Waals surface area contributed by atoms with E-state index in [0.717, 1.165) is 5.56 Å². The first-order chi connectivity index (χ1) is 5.27. The Balaban J connectivity index is 3.09. The molecule has 0 aliphatic rings. The second kappa shape index (κ2) is 3.59. The molecule has 0 aromatic heterocycles. The molecule has 0 saturated carbocycles. The lowest BCUT2D eigenvalue weighted by Gasteiger charge is -1.97. The Labute approximate surface area is 72.2 Å². The zero-order valence-electron chi connectivity index (χ0n) is 5.62. The van der Waals surface area contributed by atoms with Gasteiger partial charge in [0, 0.05) is 4.47 Å². The van der Waals surface area contributed by atoms with E-state index in [1.807, 2.05) is 0 Å². The quantitative estimate of drug-likeness (QED) is 0.771. The van der Waals surface area contributed by atoms with Gasteiger partial charge in [0.15, 0.2) is 0 Å². The van der Waals surface area contributed by atoms with Gasteiger partial charge in [-0.1, -0.05) is 6.07 Å². The highest BCUT2D eigenvalue weighted by Crippen LogP contribution is 2.25. The zero-order chi connectivity index (χ0) is 8.27. The minimum atomic E-state index is -0.0300. The third-order valence-electron chi connectivity index (χ3n) is 1.29. The van der Waals surface area contributed by atoms with Crippen LogP contribution in [-0.2, 0) is 6.61 Å². The molecule has 0 aliphatic carbocycles. The summed E-state index contributed by atoms with van der Waals surface area (Å²) in [4.78, 5) is 10.1. The Morgan fingerprint density at radius 1 is 1.55 bits per heavy atom. The maximum absolute atomic E-state index is 10.1. The number of benzene rings is 1. The molecule has 1 rings (SSSR count). The van der Waals surface area contributed by atoms with Crippen LogP contribution in [0.5, 0.6) is 0 Å². The molecule has 0 radical (unpaired) electrons. The molecule has 1 aromatic rings. The standard InChI is InChI=1S/C7H6BrNO2/c8-6-3-5(4-10)1-2-7(6)9-11/h1-3,10H,4H2. The Kier molecular flexibility index (Phi) is 2.73. The summed E-state index contributed by atoms with van der Waals surface area (Å²) in [6.45, 7) is -0.0300. The van der Waals surface area contributed by atoms with Crippen molar-refractivity contribution in [2.24, 2.45) is 5.18 Å². The second-order valence-electron chi connectivity index (χ2n) is 2.04. The molecule has 0 unspecified atom stereocenters. The summed E-state index contributed by atoms with van der Waals surface area (Å²) in [5, 5.41) is 11.5. The molecule has 0 fully saturated rings. The van der Waals surface area contributed by atoms with Crippen LogP contribution in [0.2, 0.25) is 0 Å². The molecule has 0 aliphatic heterocycles. The van der Waals surface area contributed by atoms with Crippen molar-refractivity contribution in [2.45, 2.75) is 6.61 Å².